The third-order valence-electron chi connectivity index (χ3n) is 6.59. The van der Waals surface area contributed by atoms with Crippen LogP contribution in [0.2, 0.25) is 10.0 Å². The second-order valence-corrected chi connectivity index (χ2v) is 10.5. The van der Waals surface area contributed by atoms with E-state index in [0.29, 0.717) is 26.9 Å². The molecule has 5 nitrogen and oxygen atoms in total. The van der Waals surface area contributed by atoms with Crippen LogP contribution in [-0.2, 0) is 12.6 Å². The lowest BCUT2D eigenvalue weighted by atomic mass is 9.82. The zero-order valence-corrected chi connectivity index (χ0v) is 22.9. The van der Waals surface area contributed by atoms with Crippen LogP contribution in [-0.4, -0.2) is 45.2 Å². The monoisotopic (exact) mass is 542 g/mol. The van der Waals surface area contributed by atoms with Crippen molar-refractivity contribution < 1.29 is 5.11 Å². The average Bonchev–Trinajstić information content (AvgIpc) is 3.34. The highest BCUT2D eigenvalue weighted by Crippen LogP contribution is 2.40. The number of hydrogen-bond donors (Lipinski definition) is 1. The molecule has 0 aliphatic rings. The Labute approximate surface area is 232 Å². The lowest BCUT2D eigenvalue weighted by Crippen LogP contribution is -2.31. The number of halogens is 2. The first kappa shape index (κ1) is 26.1. The Bertz CT molecular complexity index is 1630. The highest BCUT2D eigenvalue weighted by atomic mass is 35.5. The van der Waals surface area contributed by atoms with Crippen molar-refractivity contribution in [2.75, 3.05) is 20.6 Å². The van der Waals surface area contributed by atoms with E-state index in [4.69, 9.17) is 28.2 Å². The molecule has 1 unspecified atom stereocenters. The van der Waals surface area contributed by atoms with Crippen LogP contribution in [0, 0.1) is 0 Å². The Balaban J connectivity index is 1.75. The molecule has 38 heavy (non-hydrogen) atoms. The van der Waals surface area contributed by atoms with Gasteiger partial charge in [-0.15, -0.1) is 0 Å². The van der Waals surface area contributed by atoms with Crippen LogP contribution >= 0.6 is 23.2 Å². The van der Waals surface area contributed by atoms with Gasteiger partial charge in [0.05, 0.1) is 29.4 Å². The van der Waals surface area contributed by atoms with Gasteiger partial charge in [0.1, 0.15) is 0 Å². The number of likely N-dealkylation sites (N-methyl/N-ethyl adjacent to an activating group) is 1. The van der Waals surface area contributed by atoms with E-state index < -0.39 is 5.60 Å². The van der Waals surface area contributed by atoms with Gasteiger partial charge in [-0.1, -0.05) is 59.6 Å². The molecule has 1 N–H and O–H groups in total. The Morgan fingerprint density at radius 3 is 2.39 bits per heavy atom. The number of fused-ring (bicyclic) bond motifs is 1. The van der Waals surface area contributed by atoms with Crippen LogP contribution in [0.25, 0.3) is 28.1 Å². The van der Waals surface area contributed by atoms with E-state index in [9.17, 15) is 5.11 Å². The number of rotatable bonds is 7. The molecule has 2 heterocycles. The second-order valence-electron chi connectivity index (χ2n) is 9.61. The minimum absolute atomic E-state index is 0.599. The van der Waals surface area contributed by atoms with Gasteiger partial charge in [0, 0.05) is 29.0 Å². The fourth-order valence-corrected chi connectivity index (χ4v) is 5.01. The zero-order valence-electron chi connectivity index (χ0n) is 21.4. The van der Waals surface area contributed by atoms with Crippen LogP contribution in [0.3, 0.4) is 0 Å². The van der Waals surface area contributed by atoms with Crippen molar-refractivity contribution in [1.29, 1.82) is 0 Å². The summed E-state index contributed by atoms with van der Waals surface area (Å²) in [7, 11) is 5.93. The number of aryl methyl sites for hydroxylation is 1. The van der Waals surface area contributed by atoms with Gasteiger partial charge in [-0.25, -0.2) is 9.97 Å². The van der Waals surface area contributed by atoms with Crippen LogP contribution < -0.4 is 0 Å². The molecule has 0 spiro atoms. The van der Waals surface area contributed by atoms with Crippen LogP contribution in [0.15, 0.2) is 91.4 Å². The molecule has 0 aliphatic heterocycles. The van der Waals surface area contributed by atoms with E-state index in [1.807, 2.05) is 86.4 Å². The maximum Gasteiger partial charge on any atom is 0.156 e. The number of imidazole rings is 1. The van der Waals surface area contributed by atoms with E-state index in [2.05, 4.69) is 22.0 Å². The van der Waals surface area contributed by atoms with E-state index in [-0.39, 0.29) is 0 Å². The number of aliphatic hydroxyl groups is 1. The average molecular weight is 543 g/mol. The number of hydrogen-bond acceptors (Lipinski definition) is 4. The van der Waals surface area contributed by atoms with Crippen molar-refractivity contribution in [3.63, 3.8) is 0 Å². The van der Waals surface area contributed by atoms with Gasteiger partial charge in [-0.3, -0.25) is 0 Å². The molecular formula is C31H28Cl2N4O. The highest BCUT2D eigenvalue weighted by molar-refractivity contribution is 6.31. The lowest BCUT2D eigenvalue weighted by Gasteiger charge is -2.30. The van der Waals surface area contributed by atoms with Crippen molar-refractivity contribution in [3.05, 3.63) is 124 Å². The van der Waals surface area contributed by atoms with Gasteiger partial charge in [0.2, 0.25) is 0 Å². The van der Waals surface area contributed by atoms with Gasteiger partial charge >= 0.3 is 0 Å². The Morgan fingerprint density at radius 2 is 1.71 bits per heavy atom. The standard InChI is InChI=1S/C31H28Cl2N4O/c1-36(2)15-5-8-26-18-27(21-6-4-7-25(33)16-21)28-17-23(11-14-29(28)35-26)31(38,30-19-34-20-37(30)3)22-9-12-24(32)13-10-22/h4-14,16-20,38H,15H2,1-3H3. The Morgan fingerprint density at radius 1 is 0.947 bits per heavy atom. The fraction of sp³-hybridized carbons (Fsp3) is 0.161. The second kappa shape index (κ2) is 10.7. The normalized spacial score (nSPS) is 13.4. The van der Waals surface area contributed by atoms with Gasteiger partial charge < -0.3 is 14.6 Å². The van der Waals surface area contributed by atoms with Crippen molar-refractivity contribution in [3.8, 4) is 11.1 Å². The van der Waals surface area contributed by atoms with Crippen molar-refractivity contribution in [2.45, 2.75) is 5.60 Å². The third-order valence-corrected chi connectivity index (χ3v) is 7.08. The summed E-state index contributed by atoms with van der Waals surface area (Å²) in [6, 6.07) is 23.0. The number of benzene rings is 3. The fourth-order valence-electron chi connectivity index (χ4n) is 4.70. The lowest BCUT2D eigenvalue weighted by molar-refractivity contribution is 0.117. The molecule has 7 heteroatoms. The summed E-state index contributed by atoms with van der Waals surface area (Å²) >= 11 is 12.6. The van der Waals surface area contributed by atoms with E-state index in [1.54, 1.807) is 24.7 Å². The third kappa shape index (κ3) is 5.11. The van der Waals surface area contributed by atoms with Crippen molar-refractivity contribution in [2.24, 2.45) is 7.05 Å². The minimum atomic E-state index is -1.47. The molecule has 2 aromatic heterocycles. The Hall–Kier alpha value is -3.48. The SMILES string of the molecule is CN(C)CC=Cc1cc(-c2cccc(Cl)c2)c2cc(C(O)(c3ccc(Cl)cc3)c3cncn3C)ccc2n1. The number of pyridine rings is 1. The van der Waals surface area contributed by atoms with Gasteiger partial charge in [0.25, 0.3) is 0 Å². The summed E-state index contributed by atoms with van der Waals surface area (Å²) in [5.74, 6) is 0. The molecule has 5 rings (SSSR count). The van der Waals surface area contributed by atoms with Crippen LogP contribution in [0.5, 0.6) is 0 Å². The molecule has 3 aromatic carbocycles. The first-order valence-corrected chi connectivity index (χ1v) is 13.0. The van der Waals surface area contributed by atoms with E-state index in [0.717, 1.165) is 34.3 Å². The number of aromatic nitrogens is 3. The summed E-state index contributed by atoms with van der Waals surface area (Å²) in [5, 5.41) is 14.6. The predicted octanol–water partition coefficient (Wildman–Crippen LogP) is 6.80. The maximum absolute atomic E-state index is 12.4. The summed E-state index contributed by atoms with van der Waals surface area (Å²) in [6.45, 7) is 0.810. The molecule has 192 valence electrons. The van der Waals surface area contributed by atoms with Crippen LogP contribution in [0.4, 0.5) is 0 Å². The largest absolute Gasteiger partial charge is 0.374 e. The Kier molecular flexibility index (Phi) is 7.37. The quantitative estimate of drug-likeness (QED) is 0.245. The smallest absolute Gasteiger partial charge is 0.156 e. The van der Waals surface area contributed by atoms with Gasteiger partial charge in [-0.05, 0) is 84.9 Å². The maximum atomic E-state index is 12.4. The zero-order chi connectivity index (χ0) is 26.9. The van der Waals surface area contributed by atoms with Gasteiger partial charge in [0.15, 0.2) is 5.60 Å². The molecular weight excluding hydrogens is 515 g/mol. The molecule has 0 bridgehead atoms. The molecule has 5 aromatic rings. The highest BCUT2D eigenvalue weighted by Gasteiger charge is 2.37. The van der Waals surface area contributed by atoms with Crippen LogP contribution in [0.1, 0.15) is 22.5 Å². The number of nitrogens with zero attached hydrogens (tertiary/aromatic N) is 4. The predicted molar refractivity (Wildman–Crippen MR) is 157 cm³/mol. The van der Waals surface area contributed by atoms with Crippen molar-refractivity contribution >= 4 is 40.2 Å². The summed E-state index contributed by atoms with van der Waals surface area (Å²) in [5.41, 5.74) is 4.16. The molecule has 0 saturated carbocycles. The van der Waals surface area contributed by atoms with Crippen molar-refractivity contribution in [1.82, 2.24) is 19.4 Å². The first-order chi connectivity index (χ1) is 18.3. The molecule has 0 radical (unpaired) electrons. The van der Waals surface area contributed by atoms with E-state index in [1.165, 1.54) is 0 Å². The molecule has 0 aliphatic carbocycles. The molecule has 0 fully saturated rings. The minimum Gasteiger partial charge on any atom is -0.374 e. The summed E-state index contributed by atoms with van der Waals surface area (Å²) < 4.78 is 1.83. The topological polar surface area (TPSA) is 54.2 Å². The molecule has 1 atom stereocenters. The first-order valence-electron chi connectivity index (χ1n) is 12.2. The van der Waals surface area contributed by atoms with Gasteiger partial charge in [-0.2, -0.15) is 0 Å². The summed E-state index contributed by atoms with van der Waals surface area (Å²) in [4.78, 5) is 11.3. The van der Waals surface area contributed by atoms with E-state index >= 15 is 0 Å². The molecule has 0 amide bonds. The summed E-state index contributed by atoms with van der Waals surface area (Å²) in [6.07, 6.45) is 7.49. The molecule has 0 saturated heterocycles.